The number of thiophene rings is 1. The topological polar surface area (TPSA) is 46.6 Å². The molecular weight excluding hydrogens is 365 g/mol. The van der Waals surface area contributed by atoms with Gasteiger partial charge in [-0.05, 0) is 66.9 Å². The number of halogens is 1. The van der Waals surface area contributed by atoms with Crippen LogP contribution in [0, 0.1) is 5.82 Å². The third-order valence-electron chi connectivity index (χ3n) is 3.96. The van der Waals surface area contributed by atoms with Crippen LogP contribution < -0.4 is 9.64 Å². The molecule has 0 aliphatic heterocycles. The minimum Gasteiger partial charge on any atom is -0.484 e. The average molecular weight is 383 g/mol. The van der Waals surface area contributed by atoms with Gasteiger partial charge in [0.2, 0.25) is 0 Å². The second-order valence-corrected chi connectivity index (χ2v) is 6.94. The summed E-state index contributed by atoms with van der Waals surface area (Å²) in [6, 6.07) is 16.3. The van der Waals surface area contributed by atoms with E-state index in [1.54, 1.807) is 52.6 Å². The van der Waals surface area contributed by atoms with Crippen molar-refractivity contribution in [2.24, 2.45) is 0 Å². The molecule has 0 bridgehead atoms. The predicted molar refractivity (Wildman–Crippen MR) is 104 cm³/mol. The molecule has 0 saturated heterocycles. The number of nitrogens with zero attached hydrogens (tertiary/aromatic N) is 1. The highest BCUT2D eigenvalue weighted by Crippen LogP contribution is 2.21. The molecule has 1 aromatic heterocycles. The molecule has 27 heavy (non-hydrogen) atoms. The molecular formula is C21H18FNO3S. The fourth-order valence-electron chi connectivity index (χ4n) is 2.51. The van der Waals surface area contributed by atoms with Crippen molar-refractivity contribution in [1.82, 2.24) is 0 Å². The fourth-order valence-corrected chi connectivity index (χ4v) is 3.20. The number of rotatable bonds is 7. The number of anilines is 1. The lowest BCUT2D eigenvalue weighted by molar-refractivity contribution is -0.120. The summed E-state index contributed by atoms with van der Waals surface area (Å²) in [7, 11) is 0. The normalized spacial score (nSPS) is 10.4. The molecule has 0 atom stereocenters. The Morgan fingerprint density at radius 2 is 1.74 bits per heavy atom. The lowest BCUT2D eigenvalue weighted by Gasteiger charge is -2.22. The number of benzene rings is 2. The Bertz CT molecular complexity index is 906. The third-order valence-corrected chi connectivity index (χ3v) is 4.82. The summed E-state index contributed by atoms with van der Waals surface area (Å²) in [6.45, 7) is 1.71. The molecule has 0 spiro atoms. The Morgan fingerprint density at radius 1 is 1.04 bits per heavy atom. The van der Waals surface area contributed by atoms with Gasteiger partial charge in [0.25, 0.3) is 5.91 Å². The highest BCUT2D eigenvalue weighted by atomic mass is 32.1. The van der Waals surface area contributed by atoms with E-state index in [4.69, 9.17) is 4.74 Å². The molecule has 2 aromatic carbocycles. The van der Waals surface area contributed by atoms with Crippen molar-refractivity contribution in [3.63, 3.8) is 0 Å². The second kappa shape index (κ2) is 8.60. The van der Waals surface area contributed by atoms with Gasteiger partial charge in [-0.25, -0.2) is 4.39 Å². The van der Waals surface area contributed by atoms with Crippen molar-refractivity contribution < 1.29 is 18.7 Å². The van der Waals surface area contributed by atoms with Gasteiger partial charge >= 0.3 is 0 Å². The molecule has 3 aromatic rings. The second-order valence-electron chi connectivity index (χ2n) is 5.90. The first kappa shape index (κ1) is 18.8. The Labute approximate surface area is 160 Å². The van der Waals surface area contributed by atoms with Crippen molar-refractivity contribution >= 4 is 28.7 Å². The Kier molecular flexibility index (Phi) is 5.98. The van der Waals surface area contributed by atoms with Gasteiger partial charge in [-0.1, -0.05) is 6.07 Å². The van der Waals surface area contributed by atoms with Crippen molar-refractivity contribution in [1.29, 1.82) is 0 Å². The summed E-state index contributed by atoms with van der Waals surface area (Å²) in [5, 5.41) is 1.94. The van der Waals surface area contributed by atoms with Crippen LogP contribution in [0.25, 0.3) is 0 Å². The Morgan fingerprint density at radius 3 is 2.33 bits per heavy atom. The van der Waals surface area contributed by atoms with Gasteiger partial charge in [0.1, 0.15) is 11.6 Å². The van der Waals surface area contributed by atoms with Crippen LogP contribution in [0.3, 0.4) is 0 Å². The molecule has 138 valence electrons. The standard InChI is InChI=1S/C21H18FNO3S/c1-15(24)16-4-10-19(11-5-16)26-14-21(25)23(13-20-3-2-12-27-20)18-8-6-17(22)7-9-18/h2-12H,13-14H2,1H3. The highest BCUT2D eigenvalue weighted by molar-refractivity contribution is 7.09. The fraction of sp³-hybridized carbons (Fsp3) is 0.143. The average Bonchev–Trinajstić information content (AvgIpc) is 3.18. The van der Waals surface area contributed by atoms with Gasteiger partial charge < -0.3 is 9.64 Å². The number of amides is 1. The van der Waals surface area contributed by atoms with Crippen molar-refractivity contribution in [2.75, 3.05) is 11.5 Å². The lowest BCUT2D eigenvalue weighted by Crippen LogP contribution is -2.34. The summed E-state index contributed by atoms with van der Waals surface area (Å²) in [5.74, 6) is -0.130. The molecule has 3 rings (SSSR count). The number of hydrogen-bond acceptors (Lipinski definition) is 4. The summed E-state index contributed by atoms with van der Waals surface area (Å²) < 4.78 is 18.8. The van der Waals surface area contributed by atoms with Gasteiger partial charge in [0, 0.05) is 16.1 Å². The van der Waals surface area contributed by atoms with Gasteiger partial charge in [-0.3, -0.25) is 9.59 Å². The first-order valence-corrected chi connectivity index (χ1v) is 9.23. The molecule has 0 fully saturated rings. The summed E-state index contributed by atoms with van der Waals surface area (Å²) in [4.78, 5) is 26.7. The van der Waals surface area contributed by atoms with E-state index in [0.29, 0.717) is 23.5 Å². The predicted octanol–water partition coefficient (Wildman–Crippen LogP) is 4.70. The van der Waals surface area contributed by atoms with Crippen molar-refractivity contribution in [3.05, 3.63) is 82.3 Å². The highest BCUT2D eigenvalue weighted by Gasteiger charge is 2.18. The number of Topliss-reactive ketones (excluding diaryl/α,β-unsaturated/α-hetero) is 1. The number of ether oxygens (including phenoxy) is 1. The summed E-state index contributed by atoms with van der Waals surface area (Å²) in [6.07, 6.45) is 0. The molecule has 0 unspecified atom stereocenters. The zero-order chi connectivity index (χ0) is 19.2. The van der Waals surface area contributed by atoms with Crippen LogP contribution in [0.2, 0.25) is 0 Å². The molecule has 0 radical (unpaired) electrons. The number of carbonyl (C=O) groups excluding carboxylic acids is 2. The SMILES string of the molecule is CC(=O)c1ccc(OCC(=O)N(Cc2cccs2)c2ccc(F)cc2)cc1. The molecule has 1 heterocycles. The first-order chi connectivity index (χ1) is 13.0. The molecule has 1 amide bonds. The van der Waals surface area contributed by atoms with Crippen molar-refractivity contribution in [2.45, 2.75) is 13.5 Å². The quantitative estimate of drug-likeness (QED) is 0.556. The molecule has 6 heteroatoms. The van der Waals surface area contributed by atoms with E-state index in [2.05, 4.69) is 0 Å². The lowest BCUT2D eigenvalue weighted by atomic mass is 10.1. The minimum absolute atomic E-state index is 0.0314. The molecule has 0 aliphatic carbocycles. The van der Waals surface area contributed by atoms with Crippen LogP contribution in [-0.4, -0.2) is 18.3 Å². The third kappa shape index (κ3) is 5.01. The maximum absolute atomic E-state index is 13.2. The van der Waals surface area contributed by atoms with Crippen LogP contribution >= 0.6 is 11.3 Å². The maximum Gasteiger partial charge on any atom is 0.265 e. The number of hydrogen-bond donors (Lipinski definition) is 0. The van der Waals surface area contributed by atoms with Crippen LogP contribution in [0.15, 0.2) is 66.0 Å². The van der Waals surface area contributed by atoms with E-state index in [1.165, 1.54) is 19.1 Å². The van der Waals surface area contributed by atoms with E-state index in [9.17, 15) is 14.0 Å². The maximum atomic E-state index is 13.2. The monoisotopic (exact) mass is 383 g/mol. The van der Waals surface area contributed by atoms with Crippen LogP contribution in [0.1, 0.15) is 22.2 Å². The van der Waals surface area contributed by atoms with E-state index in [1.807, 2.05) is 17.5 Å². The summed E-state index contributed by atoms with van der Waals surface area (Å²) in [5.41, 5.74) is 1.18. The summed E-state index contributed by atoms with van der Waals surface area (Å²) >= 11 is 1.54. The first-order valence-electron chi connectivity index (χ1n) is 8.35. The largest absolute Gasteiger partial charge is 0.484 e. The van der Waals surface area contributed by atoms with Gasteiger partial charge in [-0.15, -0.1) is 11.3 Å². The van der Waals surface area contributed by atoms with E-state index < -0.39 is 0 Å². The Hall–Kier alpha value is -2.99. The zero-order valence-electron chi connectivity index (χ0n) is 14.7. The molecule has 4 nitrogen and oxygen atoms in total. The number of ketones is 1. The van der Waals surface area contributed by atoms with Gasteiger partial charge in [0.05, 0.1) is 6.54 Å². The van der Waals surface area contributed by atoms with Crippen LogP contribution in [0.4, 0.5) is 10.1 Å². The Balaban J connectivity index is 1.72. The van der Waals surface area contributed by atoms with Crippen LogP contribution in [0.5, 0.6) is 5.75 Å². The zero-order valence-corrected chi connectivity index (χ0v) is 15.5. The van der Waals surface area contributed by atoms with Crippen molar-refractivity contribution in [3.8, 4) is 5.75 Å². The molecule has 0 saturated carbocycles. The van der Waals surface area contributed by atoms with E-state index in [0.717, 1.165) is 4.88 Å². The molecule has 0 aliphatic rings. The van der Waals surface area contributed by atoms with E-state index in [-0.39, 0.29) is 24.1 Å². The van der Waals surface area contributed by atoms with Crippen LogP contribution in [-0.2, 0) is 11.3 Å². The van der Waals surface area contributed by atoms with E-state index >= 15 is 0 Å². The smallest absolute Gasteiger partial charge is 0.265 e. The molecule has 0 N–H and O–H groups in total. The minimum atomic E-state index is -0.357. The van der Waals surface area contributed by atoms with Gasteiger partial charge in [0.15, 0.2) is 12.4 Å². The van der Waals surface area contributed by atoms with Gasteiger partial charge in [-0.2, -0.15) is 0 Å². The number of carbonyl (C=O) groups is 2.